The molecule has 4 nitrogen and oxygen atoms in total. The molecule has 1 saturated heterocycles. The van der Waals surface area contributed by atoms with Gasteiger partial charge in [0.05, 0.1) is 11.2 Å². The Kier molecular flexibility index (Phi) is 5.18. The van der Waals surface area contributed by atoms with Gasteiger partial charge in [0.25, 0.3) is 0 Å². The molecule has 3 N–H and O–H groups in total. The Balaban J connectivity index is 1.38. The third kappa shape index (κ3) is 3.99. The number of nitrogens with one attached hydrogen (secondary N) is 3. The Morgan fingerprint density at radius 1 is 1.07 bits per heavy atom. The van der Waals surface area contributed by atoms with Gasteiger partial charge >= 0.3 is 0 Å². The lowest BCUT2D eigenvalue weighted by Crippen LogP contribution is -2.29. The lowest BCUT2D eigenvalue weighted by molar-refractivity contribution is 0.353. The van der Waals surface area contributed by atoms with Crippen molar-refractivity contribution in [3.63, 3.8) is 0 Å². The van der Waals surface area contributed by atoms with E-state index >= 15 is 0 Å². The average molecular weight is 385 g/mol. The SMILES string of the molecule is c1ccc2c(NCCCC3CCCNC3)cc(-c3ccc4[nH]ccc4c3)nc2c1. The highest BCUT2D eigenvalue weighted by molar-refractivity contribution is 5.94. The van der Waals surface area contributed by atoms with E-state index in [-0.39, 0.29) is 0 Å². The number of H-pyrrole nitrogens is 1. The summed E-state index contributed by atoms with van der Waals surface area (Å²) in [7, 11) is 0. The highest BCUT2D eigenvalue weighted by atomic mass is 14.9. The Bertz CT molecular complexity index is 1110. The summed E-state index contributed by atoms with van der Waals surface area (Å²) in [6.07, 6.45) is 7.17. The molecular formula is C25H28N4. The van der Waals surface area contributed by atoms with E-state index in [4.69, 9.17) is 4.98 Å². The largest absolute Gasteiger partial charge is 0.384 e. The number of hydrogen-bond donors (Lipinski definition) is 3. The van der Waals surface area contributed by atoms with E-state index in [0.717, 1.165) is 34.8 Å². The van der Waals surface area contributed by atoms with Gasteiger partial charge in [-0.15, -0.1) is 0 Å². The molecule has 1 fully saturated rings. The van der Waals surface area contributed by atoms with Crippen LogP contribution in [0.1, 0.15) is 25.7 Å². The fraction of sp³-hybridized carbons (Fsp3) is 0.320. The van der Waals surface area contributed by atoms with Gasteiger partial charge < -0.3 is 15.6 Å². The summed E-state index contributed by atoms with van der Waals surface area (Å²) in [6.45, 7) is 3.37. The molecule has 0 amide bonds. The summed E-state index contributed by atoms with van der Waals surface area (Å²) in [5.41, 5.74) is 5.55. The van der Waals surface area contributed by atoms with Crippen LogP contribution in [0, 0.1) is 5.92 Å². The fourth-order valence-corrected chi connectivity index (χ4v) is 4.47. The average Bonchev–Trinajstić information content (AvgIpc) is 3.25. The zero-order chi connectivity index (χ0) is 19.5. The van der Waals surface area contributed by atoms with Gasteiger partial charge in [-0.3, -0.25) is 0 Å². The number of aromatic amines is 1. The molecule has 1 aliphatic rings. The van der Waals surface area contributed by atoms with Crippen LogP contribution in [0.4, 0.5) is 5.69 Å². The molecule has 0 bridgehead atoms. The molecule has 2 aromatic carbocycles. The number of fused-ring (bicyclic) bond motifs is 2. The van der Waals surface area contributed by atoms with Crippen molar-refractivity contribution in [3.05, 3.63) is 60.8 Å². The van der Waals surface area contributed by atoms with Crippen molar-refractivity contribution < 1.29 is 0 Å². The molecular weight excluding hydrogens is 356 g/mol. The third-order valence-electron chi connectivity index (χ3n) is 6.07. The summed E-state index contributed by atoms with van der Waals surface area (Å²) in [5, 5.41) is 9.63. The number of piperidine rings is 1. The van der Waals surface area contributed by atoms with E-state index in [2.05, 4.69) is 70.2 Å². The topological polar surface area (TPSA) is 52.7 Å². The van der Waals surface area contributed by atoms with Gasteiger partial charge in [-0.05, 0) is 75.0 Å². The van der Waals surface area contributed by atoms with Crippen LogP contribution in [0.3, 0.4) is 0 Å². The van der Waals surface area contributed by atoms with E-state index in [1.165, 1.54) is 55.2 Å². The molecule has 4 heteroatoms. The molecule has 1 atom stereocenters. The Labute approximate surface area is 171 Å². The van der Waals surface area contributed by atoms with Crippen LogP contribution in [-0.4, -0.2) is 29.6 Å². The van der Waals surface area contributed by atoms with Gasteiger partial charge in [-0.25, -0.2) is 4.98 Å². The number of nitrogens with zero attached hydrogens (tertiary/aromatic N) is 1. The number of anilines is 1. The minimum absolute atomic E-state index is 0.836. The molecule has 5 rings (SSSR count). The molecule has 2 aromatic heterocycles. The van der Waals surface area contributed by atoms with Crippen molar-refractivity contribution in [2.24, 2.45) is 5.92 Å². The minimum Gasteiger partial charge on any atom is -0.384 e. The molecule has 29 heavy (non-hydrogen) atoms. The van der Waals surface area contributed by atoms with E-state index in [1.54, 1.807) is 0 Å². The Hall–Kier alpha value is -2.85. The third-order valence-corrected chi connectivity index (χ3v) is 6.07. The van der Waals surface area contributed by atoms with Crippen molar-refractivity contribution in [2.45, 2.75) is 25.7 Å². The minimum atomic E-state index is 0.836. The van der Waals surface area contributed by atoms with Gasteiger partial charge in [-0.1, -0.05) is 24.3 Å². The fourth-order valence-electron chi connectivity index (χ4n) is 4.47. The lowest BCUT2D eigenvalue weighted by atomic mass is 9.95. The van der Waals surface area contributed by atoms with Gasteiger partial charge in [-0.2, -0.15) is 0 Å². The maximum absolute atomic E-state index is 4.94. The molecule has 1 aliphatic heterocycles. The summed E-state index contributed by atoms with van der Waals surface area (Å²) in [4.78, 5) is 8.20. The second-order valence-electron chi connectivity index (χ2n) is 8.13. The van der Waals surface area contributed by atoms with E-state index in [1.807, 2.05) is 6.20 Å². The molecule has 0 spiro atoms. The quantitative estimate of drug-likeness (QED) is 0.381. The summed E-state index contributed by atoms with van der Waals surface area (Å²) < 4.78 is 0. The highest BCUT2D eigenvalue weighted by Crippen LogP contribution is 2.30. The number of para-hydroxylation sites is 1. The molecule has 0 radical (unpaired) electrons. The van der Waals surface area contributed by atoms with E-state index < -0.39 is 0 Å². The van der Waals surface area contributed by atoms with Gasteiger partial charge in [0.1, 0.15) is 0 Å². The van der Waals surface area contributed by atoms with E-state index in [0.29, 0.717) is 0 Å². The van der Waals surface area contributed by atoms with Gasteiger partial charge in [0, 0.05) is 40.3 Å². The molecule has 1 unspecified atom stereocenters. The zero-order valence-electron chi connectivity index (χ0n) is 16.7. The Morgan fingerprint density at radius 3 is 2.97 bits per heavy atom. The predicted octanol–water partition coefficient (Wildman–Crippen LogP) is 5.57. The molecule has 3 heterocycles. The summed E-state index contributed by atoms with van der Waals surface area (Å²) >= 11 is 0. The molecule has 0 aliphatic carbocycles. The number of rotatable bonds is 6. The maximum Gasteiger partial charge on any atom is 0.0730 e. The number of hydrogen-bond acceptors (Lipinski definition) is 3. The predicted molar refractivity (Wildman–Crippen MR) is 122 cm³/mol. The standard InChI is InChI=1S/C25H28N4/c1-2-8-23-21(7-1)25(27-13-4-6-18-5-3-12-26-17-18)16-24(29-23)19-9-10-22-20(15-19)11-14-28-22/h1-2,7-11,14-16,18,26,28H,3-6,12-13,17H2,(H,27,29). The van der Waals surface area contributed by atoms with Gasteiger partial charge in [0.2, 0.25) is 0 Å². The second-order valence-corrected chi connectivity index (χ2v) is 8.13. The number of benzene rings is 2. The number of pyridine rings is 1. The lowest BCUT2D eigenvalue weighted by Gasteiger charge is -2.22. The van der Waals surface area contributed by atoms with Crippen LogP contribution >= 0.6 is 0 Å². The van der Waals surface area contributed by atoms with Crippen molar-refractivity contribution in [1.29, 1.82) is 0 Å². The molecule has 148 valence electrons. The van der Waals surface area contributed by atoms with Crippen molar-refractivity contribution in [2.75, 3.05) is 25.0 Å². The second kappa shape index (κ2) is 8.26. The maximum atomic E-state index is 4.94. The normalized spacial score (nSPS) is 17.0. The smallest absolute Gasteiger partial charge is 0.0730 e. The first kappa shape index (κ1) is 18.2. The Morgan fingerprint density at radius 2 is 2.03 bits per heavy atom. The highest BCUT2D eigenvalue weighted by Gasteiger charge is 2.12. The first-order valence-corrected chi connectivity index (χ1v) is 10.8. The van der Waals surface area contributed by atoms with Crippen LogP contribution in [-0.2, 0) is 0 Å². The van der Waals surface area contributed by atoms with Crippen molar-refractivity contribution in [3.8, 4) is 11.3 Å². The molecule has 4 aromatic rings. The molecule has 0 saturated carbocycles. The first-order valence-electron chi connectivity index (χ1n) is 10.8. The van der Waals surface area contributed by atoms with Crippen LogP contribution < -0.4 is 10.6 Å². The van der Waals surface area contributed by atoms with Crippen LogP contribution in [0.2, 0.25) is 0 Å². The first-order chi connectivity index (χ1) is 14.4. The summed E-state index contributed by atoms with van der Waals surface area (Å²) in [5.74, 6) is 0.836. The van der Waals surface area contributed by atoms with E-state index in [9.17, 15) is 0 Å². The van der Waals surface area contributed by atoms with Crippen LogP contribution in [0.25, 0.3) is 33.1 Å². The zero-order valence-corrected chi connectivity index (χ0v) is 16.7. The van der Waals surface area contributed by atoms with Crippen molar-refractivity contribution in [1.82, 2.24) is 15.3 Å². The van der Waals surface area contributed by atoms with Crippen molar-refractivity contribution >= 4 is 27.5 Å². The van der Waals surface area contributed by atoms with Crippen LogP contribution in [0.15, 0.2) is 60.8 Å². The summed E-state index contributed by atoms with van der Waals surface area (Å²) in [6, 6.07) is 19.2. The number of aromatic nitrogens is 2. The monoisotopic (exact) mass is 384 g/mol. The van der Waals surface area contributed by atoms with Crippen LogP contribution in [0.5, 0.6) is 0 Å². The van der Waals surface area contributed by atoms with Gasteiger partial charge in [0.15, 0.2) is 0 Å².